The second-order valence-corrected chi connectivity index (χ2v) is 6.62. The lowest BCUT2D eigenvalue weighted by Gasteiger charge is -2.29. The molecule has 148 valence electrons. The van der Waals surface area contributed by atoms with Crippen LogP contribution in [0.5, 0.6) is 23.0 Å². The van der Waals surface area contributed by atoms with Crippen LogP contribution >= 0.6 is 0 Å². The summed E-state index contributed by atoms with van der Waals surface area (Å²) in [7, 11) is 0. The molecule has 1 fully saturated rings. The zero-order valence-corrected chi connectivity index (χ0v) is 15.3. The van der Waals surface area contributed by atoms with Crippen molar-refractivity contribution in [2.45, 2.75) is 13.3 Å². The molecule has 0 spiro atoms. The fourth-order valence-electron chi connectivity index (χ4n) is 3.29. The summed E-state index contributed by atoms with van der Waals surface area (Å²) in [6.07, 6.45) is -0.294. The molecule has 4 N–H and O–H groups in total. The Kier molecular flexibility index (Phi) is 5.41. The van der Waals surface area contributed by atoms with Crippen molar-refractivity contribution in [3.63, 3.8) is 0 Å². The van der Waals surface area contributed by atoms with Crippen LogP contribution in [0.25, 0.3) is 0 Å². The number of phenolic OH excluding ortho intramolecular Hbond substituents is 4. The molecular weight excluding hydrogens is 366 g/mol. The smallest absolute Gasteiger partial charge is 0.174 e. The van der Waals surface area contributed by atoms with Crippen molar-refractivity contribution in [2.24, 2.45) is 0 Å². The molecule has 2 aromatic rings. The first kappa shape index (κ1) is 19.5. The highest BCUT2D eigenvalue weighted by atomic mass is 16.5. The van der Waals surface area contributed by atoms with Gasteiger partial charge in [-0.15, -0.1) is 0 Å². The maximum absolute atomic E-state index is 12.6. The minimum absolute atomic E-state index is 0.225. The maximum Gasteiger partial charge on any atom is 0.174 e. The lowest BCUT2D eigenvalue weighted by molar-refractivity contribution is 0.0985. The van der Waals surface area contributed by atoms with Gasteiger partial charge in [0, 0.05) is 37.3 Å². The van der Waals surface area contributed by atoms with Gasteiger partial charge in [-0.2, -0.15) is 0 Å². The maximum atomic E-state index is 12.6. The minimum Gasteiger partial charge on any atom is -0.507 e. The highest BCUT2D eigenvalue weighted by Gasteiger charge is 2.22. The molecule has 0 atom stereocenters. The van der Waals surface area contributed by atoms with Crippen molar-refractivity contribution in [1.82, 2.24) is 0 Å². The third-order valence-electron chi connectivity index (χ3n) is 4.61. The van der Waals surface area contributed by atoms with Crippen LogP contribution < -0.4 is 4.90 Å². The first-order chi connectivity index (χ1) is 13.3. The fourth-order valence-corrected chi connectivity index (χ4v) is 3.29. The first-order valence-corrected chi connectivity index (χ1v) is 8.75. The molecule has 1 heterocycles. The van der Waals surface area contributed by atoms with E-state index in [1.165, 1.54) is 31.2 Å². The van der Waals surface area contributed by atoms with Crippen molar-refractivity contribution in [3.8, 4) is 23.0 Å². The van der Waals surface area contributed by atoms with Crippen molar-refractivity contribution < 1.29 is 34.8 Å². The number of carbonyl (C=O) groups is 2. The Bertz CT molecular complexity index is 886. The number of hydrogen-bond donors (Lipinski definition) is 4. The quantitative estimate of drug-likeness (QED) is 0.574. The number of ketones is 2. The number of aromatic hydroxyl groups is 4. The molecule has 0 bridgehead atoms. The van der Waals surface area contributed by atoms with E-state index in [1.807, 2.05) is 4.90 Å². The summed E-state index contributed by atoms with van der Waals surface area (Å²) < 4.78 is 5.27. The van der Waals surface area contributed by atoms with Crippen molar-refractivity contribution in [3.05, 3.63) is 41.0 Å². The van der Waals surface area contributed by atoms with E-state index < -0.39 is 23.1 Å². The van der Waals surface area contributed by atoms with E-state index in [0.29, 0.717) is 32.0 Å². The third kappa shape index (κ3) is 3.86. The van der Waals surface area contributed by atoms with Crippen LogP contribution in [0.1, 0.15) is 33.2 Å². The van der Waals surface area contributed by atoms with Crippen molar-refractivity contribution in [2.75, 3.05) is 31.2 Å². The zero-order chi connectivity index (χ0) is 20.4. The van der Waals surface area contributed by atoms with Gasteiger partial charge in [-0.05, 0) is 24.6 Å². The van der Waals surface area contributed by atoms with E-state index in [4.69, 9.17) is 4.74 Å². The Morgan fingerprint density at radius 3 is 1.89 bits per heavy atom. The molecule has 0 saturated carbocycles. The summed E-state index contributed by atoms with van der Waals surface area (Å²) in [4.78, 5) is 26.0. The van der Waals surface area contributed by atoms with E-state index >= 15 is 0 Å². The first-order valence-electron chi connectivity index (χ1n) is 8.75. The number of carbonyl (C=O) groups excluding carboxylic acids is 2. The number of benzene rings is 2. The lowest BCUT2D eigenvalue weighted by Crippen LogP contribution is -2.36. The third-order valence-corrected chi connectivity index (χ3v) is 4.61. The summed E-state index contributed by atoms with van der Waals surface area (Å²) in [6, 6.07) is 5.22. The largest absolute Gasteiger partial charge is 0.507 e. The number of morpholine rings is 1. The number of rotatable bonds is 5. The number of Topliss-reactive ketones (excluding diaryl/α,β-unsaturated/α-hetero) is 2. The van der Waals surface area contributed by atoms with Crippen LogP contribution in [0.3, 0.4) is 0 Å². The van der Waals surface area contributed by atoms with Gasteiger partial charge in [0.15, 0.2) is 11.6 Å². The van der Waals surface area contributed by atoms with E-state index in [-0.39, 0.29) is 34.6 Å². The normalized spacial score (nSPS) is 14.1. The van der Waals surface area contributed by atoms with Crippen molar-refractivity contribution in [1.29, 1.82) is 0 Å². The van der Waals surface area contributed by atoms with Gasteiger partial charge >= 0.3 is 0 Å². The predicted molar refractivity (Wildman–Crippen MR) is 101 cm³/mol. The summed E-state index contributed by atoms with van der Waals surface area (Å²) >= 11 is 0. The summed E-state index contributed by atoms with van der Waals surface area (Å²) in [5.41, 5.74) is 0.348. The average Bonchev–Trinajstić information content (AvgIpc) is 2.60. The van der Waals surface area contributed by atoms with Crippen LogP contribution in [-0.2, 0) is 11.2 Å². The van der Waals surface area contributed by atoms with Crippen LogP contribution in [0.4, 0.5) is 5.69 Å². The second kappa shape index (κ2) is 7.77. The molecule has 28 heavy (non-hydrogen) atoms. The van der Waals surface area contributed by atoms with Gasteiger partial charge in [-0.1, -0.05) is 0 Å². The highest BCUT2D eigenvalue weighted by Crippen LogP contribution is 2.35. The van der Waals surface area contributed by atoms with E-state index in [1.54, 1.807) is 0 Å². The van der Waals surface area contributed by atoms with Gasteiger partial charge in [-0.25, -0.2) is 0 Å². The van der Waals surface area contributed by atoms with E-state index in [0.717, 1.165) is 0 Å². The number of hydrogen-bond acceptors (Lipinski definition) is 8. The average molecular weight is 387 g/mol. The monoisotopic (exact) mass is 387 g/mol. The number of anilines is 1. The van der Waals surface area contributed by atoms with Gasteiger partial charge in [0.25, 0.3) is 0 Å². The Morgan fingerprint density at radius 2 is 1.39 bits per heavy atom. The number of phenols is 4. The van der Waals surface area contributed by atoms with Crippen LogP contribution in [0.2, 0.25) is 0 Å². The molecule has 3 rings (SSSR count). The van der Waals surface area contributed by atoms with Gasteiger partial charge in [0.2, 0.25) is 0 Å². The van der Waals surface area contributed by atoms with Gasteiger partial charge in [-0.3, -0.25) is 9.59 Å². The Balaban J connectivity index is 1.86. The standard InChI is InChI=1S/C20H21NO7/c1-11(22)19-14(23)6-12(7-15(19)24)8-16(25)20-17(26)9-13(10-18(20)27)21-2-4-28-5-3-21/h6-7,9-10,23-24,26-27H,2-5,8H2,1H3. The molecule has 0 aromatic heterocycles. The highest BCUT2D eigenvalue weighted by molar-refractivity contribution is 6.03. The SMILES string of the molecule is CC(=O)c1c(O)cc(CC(=O)c2c(O)cc(N3CCOCC3)cc2O)cc1O. The molecule has 0 unspecified atom stereocenters. The molecular formula is C20H21NO7. The topological polar surface area (TPSA) is 128 Å². The molecule has 0 radical (unpaired) electrons. The van der Waals surface area contributed by atoms with Crippen molar-refractivity contribution >= 4 is 17.3 Å². The number of nitrogens with zero attached hydrogens (tertiary/aromatic N) is 1. The molecule has 8 nitrogen and oxygen atoms in total. The Hall–Kier alpha value is -3.26. The molecule has 0 aliphatic carbocycles. The molecule has 0 amide bonds. The molecule has 1 aliphatic rings. The summed E-state index contributed by atoms with van der Waals surface area (Å²) in [6.45, 7) is 3.48. The van der Waals surface area contributed by atoms with Crippen LogP contribution in [0.15, 0.2) is 24.3 Å². The predicted octanol–water partition coefficient (Wildman–Crippen LogP) is 1.97. The van der Waals surface area contributed by atoms with Crippen LogP contribution in [-0.4, -0.2) is 58.3 Å². The van der Waals surface area contributed by atoms with E-state index in [2.05, 4.69) is 0 Å². The minimum atomic E-state index is -0.599. The molecule has 8 heteroatoms. The van der Waals surface area contributed by atoms with Crippen LogP contribution in [0, 0.1) is 0 Å². The summed E-state index contributed by atoms with van der Waals surface area (Å²) in [5, 5.41) is 40.4. The molecule has 2 aromatic carbocycles. The van der Waals surface area contributed by atoms with E-state index in [9.17, 15) is 30.0 Å². The summed E-state index contributed by atoms with van der Waals surface area (Å²) in [5.74, 6) is -2.71. The van der Waals surface area contributed by atoms with Gasteiger partial charge in [0.1, 0.15) is 34.1 Å². The van der Waals surface area contributed by atoms with Gasteiger partial charge in [0.05, 0.1) is 13.2 Å². The van der Waals surface area contributed by atoms with Gasteiger partial charge < -0.3 is 30.1 Å². The fraction of sp³-hybridized carbons (Fsp3) is 0.300. The zero-order valence-electron chi connectivity index (χ0n) is 15.3. The Morgan fingerprint density at radius 1 is 0.893 bits per heavy atom. The lowest BCUT2D eigenvalue weighted by atomic mass is 9.98. The molecule has 1 aliphatic heterocycles. The second-order valence-electron chi connectivity index (χ2n) is 6.62. The molecule has 1 saturated heterocycles. The Labute approximate surface area is 161 Å². The number of ether oxygens (including phenoxy) is 1.